The minimum absolute atomic E-state index is 0.0306. The van der Waals surface area contributed by atoms with Crippen molar-refractivity contribution in [3.8, 4) is 0 Å². The number of rotatable bonds is 11. The second kappa shape index (κ2) is 15.1. The highest BCUT2D eigenvalue weighted by Gasteiger charge is 2.43. The van der Waals surface area contributed by atoms with E-state index in [1.54, 1.807) is 53.4 Å². The number of nitrogens with zero attached hydrogens (tertiary/aromatic N) is 2. The molecule has 4 aromatic rings. The first-order valence-corrected chi connectivity index (χ1v) is 16.1. The minimum atomic E-state index is -1.06. The van der Waals surface area contributed by atoms with Gasteiger partial charge in [-0.15, -0.1) is 0 Å². The molecule has 0 aromatic heterocycles. The van der Waals surface area contributed by atoms with Gasteiger partial charge < -0.3 is 26.0 Å². The van der Waals surface area contributed by atoms with Gasteiger partial charge in [0.1, 0.15) is 12.1 Å². The van der Waals surface area contributed by atoms with Gasteiger partial charge in [-0.05, 0) is 65.1 Å². The number of carbonyl (C=O) groups is 5. The third kappa shape index (κ3) is 8.01. The number of fused-ring (bicyclic) bond motifs is 1. The summed E-state index contributed by atoms with van der Waals surface area (Å²) in [5.74, 6) is -2.84. The van der Waals surface area contributed by atoms with Crippen LogP contribution in [0.5, 0.6) is 0 Å². The number of carbonyl (C=O) groups excluding carboxylic acids is 4. The predicted octanol–water partition coefficient (Wildman–Crippen LogP) is 5.13. The Hall–Kier alpha value is -5.22. The van der Waals surface area contributed by atoms with E-state index in [1.165, 1.54) is 4.90 Å². The lowest BCUT2D eigenvalue weighted by atomic mass is 9.96. The summed E-state index contributed by atoms with van der Waals surface area (Å²) < 4.78 is 0. The van der Waals surface area contributed by atoms with Crippen molar-refractivity contribution < 1.29 is 29.1 Å². The molecular weight excluding hydrogens is 632 g/mol. The van der Waals surface area contributed by atoms with Crippen molar-refractivity contribution in [1.82, 2.24) is 9.80 Å². The molecule has 11 heteroatoms. The van der Waals surface area contributed by atoms with Crippen molar-refractivity contribution in [2.45, 2.75) is 57.2 Å². The summed E-state index contributed by atoms with van der Waals surface area (Å²) in [5, 5.41) is 13.8. The molecule has 1 saturated heterocycles. The van der Waals surface area contributed by atoms with Crippen LogP contribution in [0.3, 0.4) is 0 Å². The molecule has 248 valence electrons. The van der Waals surface area contributed by atoms with E-state index >= 15 is 0 Å². The van der Waals surface area contributed by atoms with Crippen LogP contribution in [0.4, 0.5) is 5.69 Å². The number of nitrogens with two attached hydrogens (primary N) is 1. The zero-order valence-corrected chi connectivity index (χ0v) is 27.2. The van der Waals surface area contributed by atoms with E-state index in [2.05, 4.69) is 5.32 Å². The van der Waals surface area contributed by atoms with Crippen molar-refractivity contribution in [3.05, 3.63) is 113 Å². The molecule has 0 spiro atoms. The van der Waals surface area contributed by atoms with Crippen molar-refractivity contribution in [1.29, 1.82) is 0 Å². The van der Waals surface area contributed by atoms with Crippen LogP contribution in [0.1, 0.15) is 48.9 Å². The Morgan fingerprint density at radius 1 is 0.958 bits per heavy atom. The molecule has 3 unspecified atom stereocenters. The molecule has 3 atom stereocenters. The Labute approximate surface area is 283 Å². The van der Waals surface area contributed by atoms with Crippen LogP contribution in [-0.2, 0) is 36.8 Å². The summed E-state index contributed by atoms with van der Waals surface area (Å²) in [6.45, 7) is 2.10. The molecule has 0 radical (unpaired) electrons. The number of carboxylic acid groups (broad SMARTS) is 1. The number of anilines is 1. The van der Waals surface area contributed by atoms with E-state index in [9.17, 15) is 24.0 Å². The Morgan fingerprint density at radius 2 is 1.67 bits per heavy atom. The zero-order valence-electron chi connectivity index (χ0n) is 26.5. The van der Waals surface area contributed by atoms with E-state index in [0.29, 0.717) is 28.3 Å². The fraction of sp³-hybridized carbons (Fsp3) is 0.270. The smallest absolute Gasteiger partial charge is 0.303 e. The number of nitrogens with one attached hydrogen (secondary N) is 1. The molecule has 5 rings (SSSR count). The second-order valence-electron chi connectivity index (χ2n) is 12.0. The monoisotopic (exact) mass is 668 g/mol. The Balaban J connectivity index is 1.43. The fourth-order valence-electron chi connectivity index (χ4n) is 6.24. The summed E-state index contributed by atoms with van der Waals surface area (Å²) in [6.07, 6.45) is 0.162. The molecule has 48 heavy (non-hydrogen) atoms. The van der Waals surface area contributed by atoms with E-state index < -0.39 is 35.8 Å². The highest BCUT2D eigenvalue weighted by atomic mass is 35.5. The van der Waals surface area contributed by atoms with Crippen LogP contribution in [-0.4, -0.2) is 63.1 Å². The topological polar surface area (TPSA) is 150 Å². The number of carboxylic acids is 1. The van der Waals surface area contributed by atoms with Crippen molar-refractivity contribution in [2.75, 3.05) is 11.9 Å². The van der Waals surface area contributed by atoms with E-state index in [1.807, 2.05) is 49.4 Å². The molecule has 4 amide bonds. The molecule has 0 aliphatic carbocycles. The summed E-state index contributed by atoms with van der Waals surface area (Å²) >= 11 is 6.38. The van der Waals surface area contributed by atoms with Gasteiger partial charge in [-0.25, -0.2) is 0 Å². The van der Waals surface area contributed by atoms with Crippen LogP contribution < -0.4 is 11.1 Å². The molecule has 0 bridgehead atoms. The number of halogens is 1. The van der Waals surface area contributed by atoms with Gasteiger partial charge in [0, 0.05) is 36.1 Å². The molecule has 1 heterocycles. The number of benzene rings is 4. The fourth-order valence-corrected chi connectivity index (χ4v) is 6.44. The van der Waals surface area contributed by atoms with Crippen LogP contribution >= 0.6 is 11.6 Å². The van der Waals surface area contributed by atoms with E-state index in [4.69, 9.17) is 22.4 Å². The number of primary amides is 1. The number of amides is 4. The van der Waals surface area contributed by atoms with Crippen LogP contribution in [0.2, 0.25) is 5.02 Å². The molecule has 4 N–H and O–H groups in total. The van der Waals surface area contributed by atoms with Gasteiger partial charge in [-0.2, -0.15) is 0 Å². The lowest BCUT2D eigenvalue weighted by Crippen LogP contribution is -2.52. The molecule has 0 saturated carbocycles. The summed E-state index contributed by atoms with van der Waals surface area (Å²) in [5.41, 5.74) is 8.52. The maximum Gasteiger partial charge on any atom is 0.303 e. The molecule has 1 aliphatic heterocycles. The van der Waals surface area contributed by atoms with Gasteiger partial charge in [-0.1, -0.05) is 78.3 Å². The molecule has 4 aromatic carbocycles. The maximum atomic E-state index is 14.6. The van der Waals surface area contributed by atoms with Gasteiger partial charge in [0.15, 0.2) is 0 Å². The SMILES string of the molecule is CC1CCN(C(Cc2cccc3ccccc23)C(N)=O)C(=O)C(c2cccc(Cl)c2)N1C(=O)Cc1ccc(NC(=O)CCC(=O)O)cc1. The van der Waals surface area contributed by atoms with Crippen molar-refractivity contribution in [2.24, 2.45) is 5.73 Å². The van der Waals surface area contributed by atoms with Crippen molar-refractivity contribution >= 4 is 57.7 Å². The van der Waals surface area contributed by atoms with Crippen LogP contribution in [0.25, 0.3) is 10.8 Å². The Morgan fingerprint density at radius 3 is 2.38 bits per heavy atom. The number of hydrogen-bond donors (Lipinski definition) is 3. The normalized spacial score (nSPS) is 17.1. The third-order valence-corrected chi connectivity index (χ3v) is 8.90. The minimum Gasteiger partial charge on any atom is -0.481 e. The van der Waals surface area contributed by atoms with Crippen LogP contribution in [0.15, 0.2) is 91.0 Å². The van der Waals surface area contributed by atoms with Gasteiger partial charge in [0.25, 0.3) is 5.91 Å². The lowest BCUT2D eigenvalue weighted by molar-refractivity contribution is -0.148. The van der Waals surface area contributed by atoms with E-state index in [0.717, 1.165) is 16.3 Å². The number of hydrogen-bond acceptors (Lipinski definition) is 5. The highest BCUT2D eigenvalue weighted by molar-refractivity contribution is 6.30. The Kier molecular flexibility index (Phi) is 10.8. The predicted molar refractivity (Wildman–Crippen MR) is 183 cm³/mol. The second-order valence-corrected chi connectivity index (χ2v) is 12.4. The lowest BCUT2D eigenvalue weighted by Gasteiger charge is -2.36. The number of aliphatic carboxylic acids is 1. The molecule has 1 aliphatic rings. The summed E-state index contributed by atoms with van der Waals surface area (Å²) in [7, 11) is 0. The van der Waals surface area contributed by atoms with Crippen LogP contribution in [0, 0.1) is 0 Å². The van der Waals surface area contributed by atoms with Gasteiger partial charge in [0.05, 0.1) is 12.8 Å². The molecular formula is C37H37ClN4O6. The summed E-state index contributed by atoms with van der Waals surface area (Å²) in [4.78, 5) is 67.7. The quantitative estimate of drug-likeness (QED) is 0.202. The zero-order chi connectivity index (χ0) is 34.4. The first-order valence-electron chi connectivity index (χ1n) is 15.8. The average Bonchev–Trinajstić information content (AvgIpc) is 3.18. The standard InChI is InChI=1S/C37H37ClN4O6/c1-23-18-19-41(31(36(39)47)22-26-8-4-7-25-6-2-3-11-30(25)26)37(48)35(27-9-5-10-28(38)21-27)42(23)33(44)20-24-12-14-29(15-13-24)40-32(43)16-17-34(45)46/h2-15,21,23,31,35H,16-20,22H2,1H3,(H2,39,47)(H,40,43)(H,45,46). The maximum absolute atomic E-state index is 14.6. The average molecular weight is 669 g/mol. The first-order chi connectivity index (χ1) is 23.0. The van der Waals surface area contributed by atoms with E-state index in [-0.39, 0.29) is 44.2 Å². The van der Waals surface area contributed by atoms with Gasteiger partial charge >= 0.3 is 5.97 Å². The van der Waals surface area contributed by atoms with Gasteiger partial charge in [-0.3, -0.25) is 24.0 Å². The molecule has 1 fully saturated rings. The summed E-state index contributed by atoms with van der Waals surface area (Å²) in [6, 6.07) is 24.8. The van der Waals surface area contributed by atoms with Gasteiger partial charge in [0.2, 0.25) is 17.7 Å². The Bertz CT molecular complexity index is 1840. The largest absolute Gasteiger partial charge is 0.481 e. The van der Waals surface area contributed by atoms with Crippen molar-refractivity contribution in [3.63, 3.8) is 0 Å². The molecule has 10 nitrogen and oxygen atoms in total. The highest BCUT2D eigenvalue weighted by Crippen LogP contribution is 2.33. The third-order valence-electron chi connectivity index (χ3n) is 8.67. The first kappa shape index (κ1) is 34.1.